The van der Waals surface area contributed by atoms with E-state index in [1.165, 1.54) is 0 Å². The number of hydrogen-bond acceptors (Lipinski definition) is 3. The Balaban J connectivity index is 1.47. The zero-order valence-corrected chi connectivity index (χ0v) is 16.6. The molecule has 0 aliphatic carbocycles. The number of hydrogen-bond donors (Lipinski definition) is 2. The lowest BCUT2D eigenvalue weighted by Gasteiger charge is -2.22. The smallest absolute Gasteiger partial charge is 0.138 e. The van der Waals surface area contributed by atoms with Crippen LogP contribution in [0, 0.1) is 11.8 Å². The minimum atomic E-state index is 0.464. The lowest BCUT2D eigenvalue weighted by Crippen LogP contribution is -2.29. The summed E-state index contributed by atoms with van der Waals surface area (Å²) in [7, 11) is 0. The van der Waals surface area contributed by atoms with E-state index in [1.54, 1.807) is 0 Å². The predicted octanol–water partition coefficient (Wildman–Crippen LogP) is 4.40. The Labute approximate surface area is 174 Å². The van der Waals surface area contributed by atoms with Crippen molar-refractivity contribution in [3.05, 3.63) is 71.3 Å². The molecule has 1 aliphatic rings. The average molecular weight is 402 g/mol. The zero-order chi connectivity index (χ0) is 19.6. The Morgan fingerprint density at radius 1 is 1.03 bits per heavy atom. The topological polar surface area (TPSA) is 58.5 Å². The van der Waals surface area contributed by atoms with Gasteiger partial charge in [-0.3, -0.25) is 4.68 Å². The largest absolute Gasteiger partial charge is 0.345 e. The van der Waals surface area contributed by atoms with E-state index in [2.05, 4.69) is 49.2 Å². The summed E-state index contributed by atoms with van der Waals surface area (Å²) in [5, 5.41) is 9.65. The van der Waals surface area contributed by atoms with Crippen LogP contribution in [0.3, 0.4) is 0 Å². The third-order valence-corrected chi connectivity index (χ3v) is 5.68. The summed E-state index contributed by atoms with van der Waals surface area (Å²) in [6, 6.07) is 10.2. The highest BCUT2D eigenvalue weighted by Gasteiger charge is 2.16. The van der Waals surface area contributed by atoms with Crippen molar-refractivity contribution >= 4 is 22.6 Å². The van der Waals surface area contributed by atoms with Crippen molar-refractivity contribution in [2.24, 2.45) is 0 Å². The van der Waals surface area contributed by atoms with E-state index in [9.17, 15) is 0 Å². The molecule has 2 N–H and O–H groups in total. The molecule has 5 rings (SSSR count). The van der Waals surface area contributed by atoms with E-state index in [0.717, 1.165) is 59.2 Å². The number of rotatable bonds is 2. The number of benzene rings is 1. The van der Waals surface area contributed by atoms with Gasteiger partial charge >= 0.3 is 0 Å². The van der Waals surface area contributed by atoms with Gasteiger partial charge in [0.1, 0.15) is 5.65 Å². The Morgan fingerprint density at radius 2 is 1.86 bits per heavy atom. The molecule has 0 atom stereocenters. The number of piperidine rings is 1. The van der Waals surface area contributed by atoms with Crippen LogP contribution in [0.1, 0.15) is 30.0 Å². The van der Waals surface area contributed by atoms with Crippen molar-refractivity contribution in [1.82, 2.24) is 25.1 Å². The van der Waals surface area contributed by atoms with Gasteiger partial charge in [0, 0.05) is 40.7 Å². The SMILES string of the molecule is Clc1ccccc1C#Cc1c[nH]c2ncc(-c3cnn(C4CCNCC4)c3)cc12. The lowest BCUT2D eigenvalue weighted by atomic mass is 10.1. The van der Waals surface area contributed by atoms with Crippen molar-refractivity contribution in [2.75, 3.05) is 13.1 Å². The van der Waals surface area contributed by atoms with Crippen LogP contribution in [0.4, 0.5) is 0 Å². The maximum Gasteiger partial charge on any atom is 0.138 e. The fraction of sp³-hybridized carbons (Fsp3) is 0.217. The molecule has 5 nitrogen and oxygen atoms in total. The molecule has 29 heavy (non-hydrogen) atoms. The minimum Gasteiger partial charge on any atom is -0.345 e. The molecule has 0 spiro atoms. The van der Waals surface area contributed by atoms with Crippen molar-refractivity contribution in [3.63, 3.8) is 0 Å². The van der Waals surface area contributed by atoms with Crippen LogP contribution in [-0.2, 0) is 0 Å². The van der Waals surface area contributed by atoms with E-state index in [4.69, 9.17) is 11.6 Å². The molecule has 1 aromatic carbocycles. The van der Waals surface area contributed by atoms with E-state index in [0.29, 0.717) is 11.1 Å². The summed E-state index contributed by atoms with van der Waals surface area (Å²) in [6.45, 7) is 2.09. The van der Waals surface area contributed by atoms with Crippen LogP contribution in [0.2, 0.25) is 5.02 Å². The summed E-state index contributed by atoms with van der Waals surface area (Å²) in [6.07, 6.45) is 10.0. The molecule has 4 heterocycles. The standard InChI is InChI=1S/C23H20ClN5/c24-22-4-2-1-3-16(22)5-6-17-12-26-23-21(17)11-18(13-27-23)19-14-28-29(15-19)20-7-9-25-10-8-20/h1-4,11-15,20,25H,7-10H2,(H,26,27). The molecule has 3 aromatic heterocycles. The molecule has 0 bridgehead atoms. The summed E-state index contributed by atoms with van der Waals surface area (Å²) in [5.74, 6) is 6.39. The number of fused-ring (bicyclic) bond motifs is 1. The highest BCUT2D eigenvalue weighted by Crippen LogP contribution is 2.26. The van der Waals surface area contributed by atoms with E-state index in [1.807, 2.05) is 42.9 Å². The number of aromatic nitrogens is 4. The number of aromatic amines is 1. The van der Waals surface area contributed by atoms with Crippen molar-refractivity contribution in [3.8, 4) is 23.0 Å². The summed E-state index contributed by atoms with van der Waals surface area (Å²) in [4.78, 5) is 7.78. The van der Waals surface area contributed by atoms with E-state index in [-0.39, 0.29) is 0 Å². The quantitative estimate of drug-likeness (QED) is 0.489. The Hall–Kier alpha value is -3.07. The first-order valence-corrected chi connectivity index (χ1v) is 10.1. The first kappa shape index (κ1) is 18.0. The van der Waals surface area contributed by atoms with Crippen LogP contribution in [0.25, 0.3) is 22.2 Å². The van der Waals surface area contributed by atoms with Crippen molar-refractivity contribution in [2.45, 2.75) is 18.9 Å². The normalized spacial score (nSPS) is 14.7. The lowest BCUT2D eigenvalue weighted by molar-refractivity contribution is 0.343. The molecule has 1 aliphatic heterocycles. The number of halogens is 1. The number of H-pyrrole nitrogens is 1. The molecule has 0 unspecified atom stereocenters. The van der Waals surface area contributed by atoms with Gasteiger partial charge in [-0.2, -0.15) is 5.10 Å². The van der Waals surface area contributed by atoms with Crippen molar-refractivity contribution < 1.29 is 0 Å². The second-order valence-corrected chi connectivity index (χ2v) is 7.65. The van der Waals surface area contributed by atoms with Crippen LogP contribution in [-0.4, -0.2) is 32.8 Å². The number of nitrogens with zero attached hydrogens (tertiary/aromatic N) is 3. The van der Waals surface area contributed by atoms with Gasteiger partial charge in [0.15, 0.2) is 0 Å². The van der Waals surface area contributed by atoms with Gasteiger partial charge in [0.2, 0.25) is 0 Å². The monoisotopic (exact) mass is 401 g/mol. The van der Waals surface area contributed by atoms with Crippen molar-refractivity contribution in [1.29, 1.82) is 0 Å². The Kier molecular flexibility index (Phi) is 4.81. The Morgan fingerprint density at radius 3 is 2.72 bits per heavy atom. The molecule has 6 heteroatoms. The second-order valence-electron chi connectivity index (χ2n) is 7.24. The zero-order valence-electron chi connectivity index (χ0n) is 15.8. The first-order chi connectivity index (χ1) is 14.3. The molecule has 0 radical (unpaired) electrons. The third-order valence-electron chi connectivity index (χ3n) is 5.35. The number of nitrogens with one attached hydrogen (secondary N) is 2. The van der Waals surface area contributed by atoms with E-state index >= 15 is 0 Å². The van der Waals surface area contributed by atoms with Gasteiger partial charge in [-0.1, -0.05) is 35.6 Å². The van der Waals surface area contributed by atoms with Crippen LogP contribution >= 0.6 is 11.6 Å². The fourth-order valence-electron chi connectivity index (χ4n) is 3.72. The summed E-state index contributed by atoms with van der Waals surface area (Å²) in [5.41, 5.74) is 4.65. The highest BCUT2D eigenvalue weighted by atomic mass is 35.5. The van der Waals surface area contributed by atoms with Gasteiger partial charge in [-0.05, 0) is 44.1 Å². The predicted molar refractivity (Wildman–Crippen MR) is 116 cm³/mol. The van der Waals surface area contributed by atoms with Gasteiger partial charge in [0.25, 0.3) is 0 Å². The molecule has 0 saturated carbocycles. The molecular formula is C23H20ClN5. The van der Waals surface area contributed by atoms with Gasteiger partial charge in [-0.15, -0.1) is 0 Å². The van der Waals surface area contributed by atoms with Crippen LogP contribution in [0.15, 0.2) is 55.1 Å². The highest BCUT2D eigenvalue weighted by molar-refractivity contribution is 6.31. The van der Waals surface area contributed by atoms with Gasteiger partial charge < -0.3 is 10.3 Å². The maximum absolute atomic E-state index is 6.22. The number of pyridine rings is 1. The maximum atomic E-state index is 6.22. The minimum absolute atomic E-state index is 0.464. The van der Waals surface area contributed by atoms with Crippen LogP contribution < -0.4 is 5.32 Å². The first-order valence-electron chi connectivity index (χ1n) is 9.77. The molecule has 1 fully saturated rings. The second kappa shape index (κ2) is 7.75. The van der Waals surface area contributed by atoms with Gasteiger partial charge in [0.05, 0.1) is 22.8 Å². The van der Waals surface area contributed by atoms with Crippen LogP contribution in [0.5, 0.6) is 0 Å². The summed E-state index contributed by atoms with van der Waals surface area (Å²) >= 11 is 6.22. The average Bonchev–Trinajstić information content (AvgIpc) is 3.41. The molecule has 4 aromatic rings. The molecule has 144 valence electrons. The molecular weight excluding hydrogens is 382 g/mol. The fourth-order valence-corrected chi connectivity index (χ4v) is 3.90. The molecule has 1 saturated heterocycles. The molecule has 0 amide bonds. The Bertz CT molecular complexity index is 1220. The third kappa shape index (κ3) is 3.65. The van der Waals surface area contributed by atoms with E-state index < -0.39 is 0 Å². The van der Waals surface area contributed by atoms with Gasteiger partial charge in [-0.25, -0.2) is 4.98 Å². The summed E-state index contributed by atoms with van der Waals surface area (Å²) < 4.78 is 2.09.